The van der Waals surface area contributed by atoms with Gasteiger partial charge in [-0.05, 0) is 17.5 Å². The van der Waals surface area contributed by atoms with Crippen LogP contribution in [0.3, 0.4) is 0 Å². The molecular formula is C16H19N3O3. The number of phenols is 1. The van der Waals surface area contributed by atoms with Gasteiger partial charge in [-0.25, -0.2) is 4.79 Å². The van der Waals surface area contributed by atoms with E-state index in [9.17, 15) is 14.7 Å². The fraction of sp³-hybridized carbons (Fsp3) is 0.250. The number of phenolic OH excluding ortho intramolecular Hbond substituents is 1. The predicted octanol–water partition coefficient (Wildman–Crippen LogP) is 1.55. The maximum Gasteiger partial charge on any atom is 0.316 e. The van der Waals surface area contributed by atoms with Crippen molar-refractivity contribution in [2.24, 2.45) is 0 Å². The molecule has 0 aromatic heterocycles. The largest absolute Gasteiger partial charge is 0.507 e. The second-order valence-corrected chi connectivity index (χ2v) is 5.10. The first-order valence-corrected chi connectivity index (χ1v) is 6.94. The van der Waals surface area contributed by atoms with E-state index in [1.54, 1.807) is 26.2 Å². The van der Waals surface area contributed by atoms with E-state index >= 15 is 0 Å². The summed E-state index contributed by atoms with van der Waals surface area (Å²) >= 11 is 0. The molecule has 116 valence electrons. The van der Waals surface area contributed by atoms with Crippen LogP contribution in [-0.4, -0.2) is 49.1 Å². The van der Waals surface area contributed by atoms with Gasteiger partial charge in [-0.2, -0.15) is 0 Å². The molecule has 0 saturated heterocycles. The Kier molecular flexibility index (Phi) is 4.83. The number of benzene rings is 2. The Bertz CT molecular complexity index is 698. The van der Waals surface area contributed by atoms with Crippen molar-refractivity contribution < 1.29 is 14.7 Å². The zero-order valence-electron chi connectivity index (χ0n) is 12.6. The molecular weight excluding hydrogens is 282 g/mol. The van der Waals surface area contributed by atoms with Gasteiger partial charge in [0.15, 0.2) is 0 Å². The summed E-state index contributed by atoms with van der Waals surface area (Å²) in [7, 11) is 3.29. The number of nitrogens with zero attached hydrogens (tertiary/aromatic N) is 1. The van der Waals surface area contributed by atoms with Crippen LogP contribution < -0.4 is 10.6 Å². The molecule has 0 radical (unpaired) electrons. The van der Waals surface area contributed by atoms with Crippen molar-refractivity contribution in [3.05, 3.63) is 42.0 Å². The lowest BCUT2D eigenvalue weighted by Gasteiger charge is -2.12. The van der Waals surface area contributed by atoms with E-state index in [4.69, 9.17) is 0 Å². The summed E-state index contributed by atoms with van der Waals surface area (Å²) in [5.41, 5.74) is 0.384. The molecule has 3 N–H and O–H groups in total. The van der Waals surface area contributed by atoms with Crippen molar-refractivity contribution in [2.45, 2.75) is 0 Å². The molecule has 0 aliphatic rings. The summed E-state index contributed by atoms with van der Waals surface area (Å²) in [4.78, 5) is 24.8. The van der Waals surface area contributed by atoms with Crippen molar-refractivity contribution in [2.75, 3.05) is 27.2 Å². The number of rotatable bonds is 4. The molecule has 0 unspecified atom stereocenters. The molecule has 2 aromatic carbocycles. The molecule has 22 heavy (non-hydrogen) atoms. The molecule has 0 spiro atoms. The summed E-state index contributed by atoms with van der Waals surface area (Å²) in [5.74, 6) is -0.218. The zero-order chi connectivity index (χ0) is 16.1. The van der Waals surface area contributed by atoms with Gasteiger partial charge in [0.1, 0.15) is 5.75 Å². The highest BCUT2D eigenvalue weighted by molar-refractivity contribution is 6.00. The maximum atomic E-state index is 12.1. The number of carbonyl (C=O) groups excluding carboxylic acids is 2. The Hall–Kier alpha value is -2.76. The van der Waals surface area contributed by atoms with Gasteiger partial charge < -0.3 is 20.6 Å². The first kappa shape index (κ1) is 15.6. The number of carbonyl (C=O) groups is 2. The predicted molar refractivity (Wildman–Crippen MR) is 85.0 cm³/mol. The fourth-order valence-electron chi connectivity index (χ4n) is 2.03. The van der Waals surface area contributed by atoms with E-state index in [2.05, 4.69) is 10.6 Å². The highest BCUT2D eigenvalue weighted by Crippen LogP contribution is 2.26. The third-order valence-electron chi connectivity index (χ3n) is 3.20. The fourth-order valence-corrected chi connectivity index (χ4v) is 2.03. The standard InChI is InChI=1S/C16H19N3O3/c1-19(2)16(22)18-8-7-17-15(21)12-9-11-5-3-4-6-13(11)14(20)10-12/h3-6,9-10,20H,7-8H2,1-2H3,(H,17,21)(H,18,22). The second kappa shape index (κ2) is 6.80. The molecule has 0 saturated carbocycles. The van der Waals surface area contributed by atoms with Crippen LogP contribution in [0.25, 0.3) is 10.8 Å². The van der Waals surface area contributed by atoms with Crippen LogP contribution in [0.15, 0.2) is 36.4 Å². The van der Waals surface area contributed by atoms with Gasteiger partial charge in [-0.3, -0.25) is 4.79 Å². The topological polar surface area (TPSA) is 81.7 Å². The number of amides is 3. The molecule has 0 heterocycles. The smallest absolute Gasteiger partial charge is 0.316 e. The molecule has 6 heteroatoms. The van der Waals surface area contributed by atoms with Gasteiger partial charge in [-0.1, -0.05) is 24.3 Å². The SMILES string of the molecule is CN(C)C(=O)NCCNC(=O)c1cc(O)c2ccccc2c1. The number of nitrogens with one attached hydrogen (secondary N) is 2. The van der Waals surface area contributed by atoms with Crippen LogP contribution in [-0.2, 0) is 0 Å². The minimum Gasteiger partial charge on any atom is -0.507 e. The summed E-state index contributed by atoms with van der Waals surface area (Å²) in [6.07, 6.45) is 0. The van der Waals surface area contributed by atoms with E-state index < -0.39 is 0 Å². The van der Waals surface area contributed by atoms with Crippen LogP contribution in [0.5, 0.6) is 5.75 Å². The zero-order valence-corrected chi connectivity index (χ0v) is 12.6. The van der Waals surface area contributed by atoms with E-state index in [0.29, 0.717) is 24.0 Å². The Balaban J connectivity index is 1.97. The van der Waals surface area contributed by atoms with Gasteiger partial charge in [0.25, 0.3) is 5.91 Å². The molecule has 3 amide bonds. The molecule has 2 aromatic rings. The second-order valence-electron chi connectivity index (χ2n) is 5.10. The van der Waals surface area contributed by atoms with Gasteiger partial charge >= 0.3 is 6.03 Å². The minimum atomic E-state index is -0.292. The molecule has 6 nitrogen and oxygen atoms in total. The van der Waals surface area contributed by atoms with Gasteiger partial charge in [0.2, 0.25) is 0 Å². The average Bonchev–Trinajstić information content (AvgIpc) is 2.50. The average molecular weight is 301 g/mol. The van der Waals surface area contributed by atoms with Crippen LogP contribution in [0, 0.1) is 0 Å². The summed E-state index contributed by atoms with van der Waals surface area (Å²) in [6.45, 7) is 0.647. The van der Waals surface area contributed by atoms with Gasteiger partial charge in [0, 0.05) is 38.1 Å². The van der Waals surface area contributed by atoms with Crippen molar-refractivity contribution >= 4 is 22.7 Å². The van der Waals surface area contributed by atoms with Crippen LogP contribution in [0.4, 0.5) is 4.79 Å². The number of aromatic hydroxyl groups is 1. The molecule has 0 atom stereocenters. The lowest BCUT2D eigenvalue weighted by molar-refractivity contribution is 0.0953. The van der Waals surface area contributed by atoms with Crippen molar-refractivity contribution in [3.63, 3.8) is 0 Å². The van der Waals surface area contributed by atoms with Crippen LogP contribution >= 0.6 is 0 Å². The lowest BCUT2D eigenvalue weighted by Crippen LogP contribution is -2.39. The minimum absolute atomic E-state index is 0.0733. The number of hydrogen-bond acceptors (Lipinski definition) is 3. The Morgan fingerprint density at radius 3 is 2.50 bits per heavy atom. The Morgan fingerprint density at radius 1 is 1.09 bits per heavy atom. The van der Waals surface area contributed by atoms with E-state index in [1.807, 2.05) is 18.2 Å². The third kappa shape index (κ3) is 3.66. The van der Waals surface area contributed by atoms with Crippen molar-refractivity contribution in [1.29, 1.82) is 0 Å². The summed E-state index contributed by atoms with van der Waals surface area (Å²) in [5, 5.41) is 16.8. The molecule has 0 aliphatic heterocycles. The number of fused-ring (bicyclic) bond motifs is 1. The molecule has 0 fully saturated rings. The molecule has 2 rings (SSSR count). The Morgan fingerprint density at radius 2 is 1.77 bits per heavy atom. The summed E-state index contributed by atoms with van der Waals surface area (Å²) in [6, 6.07) is 10.3. The van der Waals surface area contributed by atoms with E-state index in [1.165, 1.54) is 11.0 Å². The Labute approximate surface area is 128 Å². The van der Waals surface area contributed by atoms with E-state index in [-0.39, 0.29) is 17.7 Å². The summed E-state index contributed by atoms with van der Waals surface area (Å²) < 4.78 is 0. The van der Waals surface area contributed by atoms with Crippen LogP contribution in [0.1, 0.15) is 10.4 Å². The third-order valence-corrected chi connectivity index (χ3v) is 3.20. The van der Waals surface area contributed by atoms with Crippen molar-refractivity contribution in [3.8, 4) is 5.75 Å². The highest BCUT2D eigenvalue weighted by atomic mass is 16.3. The highest BCUT2D eigenvalue weighted by Gasteiger charge is 2.09. The number of urea groups is 1. The van der Waals surface area contributed by atoms with Gasteiger partial charge in [0.05, 0.1) is 0 Å². The molecule has 0 aliphatic carbocycles. The normalized spacial score (nSPS) is 10.3. The number of hydrogen-bond donors (Lipinski definition) is 3. The quantitative estimate of drug-likeness (QED) is 0.749. The maximum absolute atomic E-state index is 12.1. The van der Waals surface area contributed by atoms with Gasteiger partial charge in [-0.15, -0.1) is 0 Å². The monoisotopic (exact) mass is 301 g/mol. The van der Waals surface area contributed by atoms with Crippen molar-refractivity contribution in [1.82, 2.24) is 15.5 Å². The van der Waals surface area contributed by atoms with Crippen LogP contribution in [0.2, 0.25) is 0 Å². The van der Waals surface area contributed by atoms with E-state index in [0.717, 1.165) is 5.39 Å². The first-order chi connectivity index (χ1) is 10.5. The molecule has 0 bridgehead atoms. The lowest BCUT2D eigenvalue weighted by atomic mass is 10.1. The first-order valence-electron chi connectivity index (χ1n) is 6.94.